The predicted molar refractivity (Wildman–Crippen MR) is 119 cm³/mol. The van der Waals surface area contributed by atoms with Crippen molar-refractivity contribution >= 4 is 35.8 Å². The molecule has 1 saturated heterocycles. The minimum absolute atomic E-state index is 0. The van der Waals surface area contributed by atoms with Gasteiger partial charge in [0.2, 0.25) is 5.91 Å². The lowest BCUT2D eigenvalue weighted by Crippen LogP contribution is -2.38. The molecule has 2 rings (SSSR count). The van der Waals surface area contributed by atoms with Gasteiger partial charge < -0.3 is 15.1 Å². The lowest BCUT2D eigenvalue weighted by molar-refractivity contribution is -0.130. The Balaban J connectivity index is 0.00000338. The maximum Gasteiger partial charge on any atom is 0.222 e. The van der Waals surface area contributed by atoms with Gasteiger partial charge in [0.1, 0.15) is 0 Å². The van der Waals surface area contributed by atoms with Crippen molar-refractivity contribution < 1.29 is 4.79 Å². The van der Waals surface area contributed by atoms with Crippen molar-refractivity contribution in [1.82, 2.24) is 15.1 Å². The summed E-state index contributed by atoms with van der Waals surface area (Å²) in [7, 11) is 2.06. The number of nitrogens with one attached hydrogen (secondary N) is 1. The molecule has 1 aliphatic rings. The Labute approximate surface area is 175 Å². The highest BCUT2D eigenvalue weighted by atomic mass is 127. The molecule has 146 valence electrons. The molecule has 0 aromatic heterocycles. The molecule has 0 saturated carbocycles. The van der Waals surface area contributed by atoms with E-state index in [1.807, 2.05) is 11.0 Å². The molecular formula is C20H33IN4O. The number of rotatable bonds is 7. The fraction of sp³-hybridized carbons (Fsp3) is 0.600. The maximum atomic E-state index is 12.0. The number of hydrogen-bond acceptors (Lipinski definition) is 2. The number of amides is 1. The second-order valence-corrected chi connectivity index (χ2v) is 6.62. The van der Waals surface area contributed by atoms with Crippen molar-refractivity contribution in [1.29, 1.82) is 0 Å². The summed E-state index contributed by atoms with van der Waals surface area (Å²) < 4.78 is 0. The Morgan fingerprint density at radius 3 is 2.73 bits per heavy atom. The van der Waals surface area contributed by atoms with Crippen LogP contribution < -0.4 is 5.32 Å². The molecule has 1 aromatic carbocycles. The molecule has 1 fully saturated rings. The third kappa shape index (κ3) is 7.93. The zero-order valence-electron chi connectivity index (χ0n) is 16.1. The number of benzene rings is 1. The number of aliphatic imine (C=N–C) groups is 1. The molecule has 0 spiro atoms. The first kappa shape index (κ1) is 22.7. The number of likely N-dealkylation sites (tertiary alicyclic amines) is 1. The lowest BCUT2D eigenvalue weighted by atomic mass is 10.2. The van der Waals surface area contributed by atoms with Crippen LogP contribution in [-0.2, 0) is 11.3 Å². The van der Waals surface area contributed by atoms with Crippen LogP contribution in [0.4, 0.5) is 0 Å². The van der Waals surface area contributed by atoms with Crippen LogP contribution in [0.1, 0.15) is 44.6 Å². The second kappa shape index (κ2) is 12.9. The molecule has 1 aromatic rings. The molecule has 0 radical (unpaired) electrons. The predicted octanol–water partition coefficient (Wildman–Crippen LogP) is 3.49. The Morgan fingerprint density at radius 1 is 1.23 bits per heavy atom. The van der Waals surface area contributed by atoms with Gasteiger partial charge in [0.05, 0.1) is 0 Å². The SMILES string of the molecule is CCNC(=NCCCN1CCCCCC1=O)N(C)Cc1ccccc1.I. The first-order valence-electron chi connectivity index (χ1n) is 9.52. The first-order valence-corrected chi connectivity index (χ1v) is 9.52. The first-order chi connectivity index (χ1) is 12.2. The molecular weight excluding hydrogens is 439 g/mol. The summed E-state index contributed by atoms with van der Waals surface area (Å²) in [6.07, 6.45) is 4.99. The van der Waals surface area contributed by atoms with Gasteiger partial charge in [-0.25, -0.2) is 0 Å². The van der Waals surface area contributed by atoms with Crippen molar-refractivity contribution in [3.63, 3.8) is 0 Å². The van der Waals surface area contributed by atoms with E-state index in [1.54, 1.807) is 0 Å². The number of guanidine groups is 1. The smallest absolute Gasteiger partial charge is 0.222 e. The number of carbonyl (C=O) groups is 1. The Bertz CT molecular complexity index is 550. The fourth-order valence-electron chi connectivity index (χ4n) is 3.12. The third-order valence-corrected chi connectivity index (χ3v) is 4.48. The zero-order valence-corrected chi connectivity index (χ0v) is 18.4. The molecule has 1 N–H and O–H groups in total. The Hall–Kier alpha value is -1.31. The summed E-state index contributed by atoms with van der Waals surface area (Å²) in [5.74, 6) is 1.24. The standard InChI is InChI=1S/C20H32N4O.HI/c1-3-21-20(23(2)17-18-11-6-4-7-12-18)22-14-10-16-24-15-9-5-8-13-19(24)25;/h4,6-7,11-12H,3,5,8-10,13-17H2,1-2H3,(H,21,22);1H. The molecule has 0 aliphatic carbocycles. The van der Waals surface area contributed by atoms with Crippen LogP contribution in [0.25, 0.3) is 0 Å². The highest BCUT2D eigenvalue weighted by molar-refractivity contribution is 14.0. The van der Waals surface area contributed by atoms with E-state index in [2.05, 4.69) is 48.5 Å². The van der Waals surface area contributed by atoms with Gasteiger partial charge in [-0.05, 0) is 31.7 Å². The molecule has 0 unspecified atom stereocenters. The van der Waals surface area contributed by atoms with Crippen LogP contribution in [0.5, 0.6) is 0 Å². The molecule has 1 heterocycles. The van der Waals surface area contributed by atoms with E-state index in [-0.39, 0.29) is 24.0 Å². The van der Waals surface area contributed by atoms with E-state index < -0.39 is 0 Å². The van der Waals surface area contributed by atoms with Crippen molar-refractivity contribution in [2.75, 3.05) is 33.2 Å². The zero-order chi connectivity index (χ0) is 17.9. The molecule has 26 heavy (non-hydrogen) atoms. The number of nitrogens with zero attached hydrogens (tertiary/aromatic N) is 3. The Kier molecular flexibility index (Phi) is 11.3. The highest BCUT2D eigenvalue weighted by Gasteiger charge is 2.15. The van der Waals surface area contributed by atoms with Crippen LogP contribution in [0.3, 0.4) is 0 Å². The van der Waals surface area contributed by atoms with E-state index in [0.717, 1.165) is 57.9 Å². The summed E-state index contributed by atoms with van der Waals surface area (Å²) in [5.41, 5.74) is 1.27. The van der Waals surface area contributed by atoms with Gasteiger partial charge >= 0.3 is 0 Å². The molecule has 1 amide bonds. The Morgan fingerprint density at radius 2 is 2.00 bits per heavy atom. The number of carbonyl (C=O) groups excluding carboxylic acids is 1. The fourth-order valence-corrected chi connectivity index (χ4v) is 3.12. The topological polar surface area (TPSA) is 47.9 Å². The van der Waals surface area contributed by atoms with Crippen LogP contribution in [0, 0.1) is 0 Å². The van der Waals surface area contributed by atoms with Gasteiger partial charge in [-0.15, -0.1) is 24.0 Å². The number of hydrogen-bond donors (Lipinski definition) is 1. The summed E-state index contributed by atoms with van der Waals surface area (Å²) >= 11 is 0. The summed E-state index contributed by atoms with van der Waals surface area (Å²) in [6.45, 7) is 6.24. The average molecular weight is 472 g/mol. The number of halogens is 1. The van der Waals surface area contributed by atoms with Crippen LogP contribution >= 0.6 is 24.0 Å². The average Bonchev–Trinajstić information content (AvgIpc) is 2.83. The monoisotopic (exact) mass is 472 g/mol. The van der Waals surface area contributed by atoms with Crippen molar-refractivity contribution in [3.05, 3.63) is 35.9 Å². The van der Waals surface area contributed by atoms with Gasteiger partial charge in [0, 0.05) is 46.2 Å². The van der Waals surface area contributed by atoms with E-state index in [9.17, 15) is 4.79 Å². The van der Waals surface area contributed by atoms with E-state index >= 15 is 0 Å². The van der Waals surface area contributed by atoms with Gasteiger partial charge in [0.15, 0.2) is 5.96 Å². The van der Waals surface area contributed by atoms with E-state index in [0.29, 0.717) is 12.3 Å². The summed E-state index contributed by atoms with van der Waals surface area (Å²) in [5, 5.41) is 3.36. The molecule has 5 nitrogen and oxygen atoms in total. The van der Waals surface area contributed by atoms with Gasteiger partial charge in [-0.2, -0.15) is 0 Å². The summed E-state index contributed by atoms with van der Waals surface area (Å²) in [6, 6.07) is 10.4. The second-order valence-electron chi connectivity index (χ2n) is 6.62. The third-order valence-electron chi connectivity index (χ3n) is 4.48. The van der Waals surface area contributed by atoms with Crippen LogP contribution in [-0.4, -0.2) is 54.9 Å². The van der Waals surface area contributed by atoms with E-state index in [4.69, 9.17) is 4.99 Å². The minimum Gasteiger partial charge on any atom is -0.357 e. The lowest BCUT2D eigenvalue weighted by Gasteiger charge is -2.23. The van der Waals surface area contributed by atoms with Gasteiger partial charge in [0.25, 0.3) is 0 Å². The molecule has 0 bridgehead atoms. The largest absolute Gasteiger partial charge is 0.357 e. The van der Waals surface area contributed by atoms with Crippen molar-refractivity contribution in [2.45, 2.75) is 45.6 Å². The van der Waals surface area contributed by atoms with E-state index in [1.165, 1.54) is 12.0 Å². The van der Waals surface area contributed by atoms with Crippen LogP contribution in [0.15, 0.2) is 35.3 Å². The molecule has 6 heteroatoms. The van der Waals surface area contributed by atoms with Crippen LogP contribution in [0.2, 0.25) is 0 Å². The maximum absolute atomic E-state index is 12.0. The van der Waals surface area contributed by atoms with Gasteiger partial charge in [-0.3, -0.25) is 9.79 Å². The quantitative estimate of drug-likeness (QED) is 0.286. The highest BCUT2D eigenvalue weighted by Crippen LogP contribution is 2.11. The normalized spacial score (nSPS) is 15.2. The molecule has 1 aliphatic heterocycles. The minimum atomic E-state index is 0. The van der Waals surface area contributed by atoms with Crippen molar-refractivity contribution in [3.8, 4) is 0 Å². The van der Waals surface area contributed by atoms with Crippen molar-refractivity contribution in [2.24, 2.45) is 4.99 Å². The summed E-state index contributed by atoms with van der Waals surface area (Å²) in [4.78, 5) is 20.9. The van der Waals surface area contributed by atoms with Gasteiger partial charge in [-0.1, -0.05) is 36.8 Å². The molecule has 0 atom stereocenters.